The number of benzene rings is 3. The smallest absolute Gasteiger partial charge is 0.248 e. The van der Waals surface area contributed by atoms with E-state index in [4.69, 9.17) is 0 Å². The van der Waals surface area contributed by atoms with Gasteiger partial charge in [0.15, 0.2) is 0 Å². The van der Waals surface area contributed by atoms with E-state index in [1.807, 2.05) is 36.4 Å². The normalized spacial score (nSPS) is 16.5. The van der Waals surface area contributed by atoms with Gasteiger partial charge in [0.2, 0.25) is 11.8 Å². The fourth-order valence-corrected chi connectivity index (χ4v) is 3.52. The summed E-state index contributed by atoms with van der Waals surface area (Å²) in [5, 5.41) is 12.5. The third kappa shape index (κ3) is 3.49. The van der Waals surface area contributed by atoms with Crippen molar-refractivity contribution in [1.29, 1.82) is 0 Å². The van der Waals surface area contributed by atoms with Gasteiger partial charge in [-0.1, -0.05) is 48.5 Å². The van der Waals surface area contributed by atoms with Gasteiger partial charge in [0.05, 0.1) is 12.1 Å². The number of hydrazone groups is 2. The lowest BCUT2D eigenvalue weighted by Gasteiger charge is -2.08. The highest BCUT2D eigenvalue weighted by Gasteiger charge is 2.26. The van der Waals surface area contributed by atoms with Crippen LogP contribution in [0.3, 0.4) is 0 Å². The first kappa shape index (κ1) is 17.9. The van der Waals surface area contributed by atoms with Crippen molar-refractivity contribution in [2.45, 2.75) is 19.8 Å². The summed E-state index contributed by atoms with van der Waals surface area (Å²) in [6, 6.07) is 18.4. The maximum atomic E-state index is 12.1. The number of nitrogens with zero attached hydrogens (tertiary/aromatic N) is 2. The number of carbonyl (C=O) groups excluding carboxylic acids is 2. The van der Waals surface area contributed by atoms with Crippen molar-refractivity contribution in [2.75, 3.05) is 0 Å². The molecule has 6 heteroatoms. The van der Waals surface area contributed by atoms with Crippen LogP contribution in [-0.4, -0.2) is 23.7 Å². The molecule has 1 atom stereocenters. The van der Waals surface area contributed by atoms with E-state index in [0.29, 0.717) is 12.1 Å². The Morgan fingerprint density at radius 1 is 1.14 bits per heavy atom. The molecule has 0 saturated heterocycles. The molecule has 140 valence electrons. The zero-order valence-electron chi connectivity index (χ0n) is 15.5. The van der Waals surface area contributed by atoms with E-state index in [2.05, 4.69) is 39.3 Å². The Balaban J connectivity index is 1.51. The topological polar surface area (TPSA) is 82.9 Å². The monoisotopic (exact) mass is 372 g/mol. The minimum atomic E-state index is -0.336. The van der Waals surface area contributed by atoms with Crippen molar-refractivity contribution < 1.29 is 9.59 Å². The lowest BCUT2D eigenvalue weighted by Crippen LogP contribution is -2.25. The summed E-state index contributed by atoms with van der Waals surface area (Å²) < 4.78 is 0. The molecule has 3 aromatic rings. The summed E-state index contributed by atoms with van der Waals surface area (Å²) >= 11 is 0. The molecular formula is C22H20N4O2. The number of hydrogen-bond donors (Lipinski definition) is 2. The fourth-order valence-electron chi connectivity index (χ4n) is 3.52. The Morgan fingerprint density at radius 3 is 2.39 bits per heavy atom. The van der Waals surface area contributed by atoms with Crippen LogP contribution in [0.15, 0.2) is 64.8 Å². The van der Waals surface area contributed by atoms with E-state index in [-0.39, 0.29) is 24.2 Å². The number of rotatable bonds is 5. The van der Waals surface area contributed by atoms with Gasteiger partial charge in [-0.15, -0.1) is 0 Å². The molecule has 0 fully saturated rings. The van der Waals surface area contributed by atoms with E-state index in [0.717, 1.165) is 27.1 Å². The van der Waals surface area contributed by atoms with Gasteiger partial charge >= 0.3 is 0 Å². The van der Waals surface area contributed by atoms with E-state index in [1.165, 1.54) is 0 Å². The molecule has 0 radical (unpaired) electrons. The third-order valence-electron chi connectivity index (χ3n) is 5.02. The SMILES string of the molecule is CC1=NNC(=O)[C@H]1CCC(=O)N/N=C/c1c2ccccc2cc2ccccc12. The average Bonchev–Trinajstić information content (AvgIpc) is 3.03. The first-order valence-corrected chi connectivity index (χ1v) is 9.20. The Morgan fingerprint density at radius 2 is 1.79 bits per heavy atom. The van der Waals surface area contributed by atoms with Crippen LogP contribution in [0.5, 0.6) is 0 Å². The minimum absolute atomic E-state index is 0.156. The van der Waals surface area contributed by atoms with Crippen molar-refractivity contribution in [2.24, 2.45) is 16.1 Å². The predicted octanol–water partition coefficient (Wildman–Crippen LogP) is 3.35. The van der Waals surface area contributed by atoms with Crippen molar-refractivity contribution >= 4 is 45.3 Å². The van der Waals surface area contributed by atoms with Crippen LogP contribution < -0.4 is 10.9 Å². The Bertz CT molecular complexity index is 1080. The molecular weight excluding hydrogens is 352 g/mol. The van der Waals surface area contributed by atoms with E-state index < -0.39 is 0 Å². The lowest BCUT2D eigenvalue weighted by atomic mass is 9.97. The number of carbonyl (C=O) groups is 2. The van der Waals surface area contributed by atoms with Gasteiger partial charge in [0.25, 0.3) is 0 Å². The molecule has 1 aliphatic rings. The predicted molar refractivity (Wildman–Crippen MR) is 111 cm³/mol. The summed E-state index contributed by atoms with van der Waals surface area (Å²) in [6.45, 7) is 1.78. The van der Waals surface area contributed by atoms with Gasteiger partial charge in [0, 0.05) is 17.7 Å². The van der Waals surface area contributed by atoms with Crippen LogP contribution in [0, 0.1) is 5.92 Å². The van der Waals surface area contributed by atoms with Crippen molar-refractivity contribution in [1.82, 2.24) is 10.9 Å². The van der Waals surface area contributed by atoms with E-state index >= 15 is 0 Å². The van der Waals surface area contributed by atoms with Crippen LogP contribution in [0.1, 0.15) is 25.3 Å². The molecule has 0 aliphatic carbocycles. The quantitative estimate of drug-likeness (QED) is 0.409. The number of amides is 2. The first-order chi connectivity index (χ1) is 13.6. The van der Waals surface area contributed by atoms with Crippen LogP contribution in [-0.2, 0) is 9.59 Å². The van der Waals surface area contributed by atoms with Gasteiger partial charge in [-0.25, -0.2) is 10.9 Å². The van der Waals surface area contributed by atoms with Crippen LogP contribution in [0.2, 0.25) is 0 Å². The first-order valence-electron chi connectivity index (χ1n) is 9.20. The zero-order chi connectivity index (χ0) is 19.5. The zero-order valence-corrected chi connectivity index (χ0v) is 15.5. The summed E-state index contributed by atoms with van der Waals surface area (Å²) in [5.41, 5.74) is 6.68. The molecule has 4 rings (SSSR count). The van der Waals surface area contributed by atoms with E-state index in [9.17, 15) is 9.59 Å². The summed E-state index contributed by atoms with van der Waals surface area (Å²) in [6.07, 6.45) is 2.32. The summed E-state index contributed by atoms with van der Waals surface area (Å²) in [4.78, 5) is 23.8. The molecule has 0 bridgehead atoms. The molecule has 2 amide bonds. The van der Waals surface area contributed by atoms with Gasteiger partial charge in [-0.3, -0.25) is 9.59 Å². The highest BCUT2D eigenvalue weighted by molar-refractivity contribution is 6.13. The number of nitrogens with one attached hydrogen (secondary N) is 2. The minimum Gasteiger partial charge on any atom is -0.273 e. The molecule has 1 aliphatic heterocycles. The number of hydrogen-bond acceptors (Lipinski definition) is 4. The van der Waals surface area contributed by atoms with E-state index in [1.54, 1.807) is 13.1 Å². The second-order valence-electron chi connectivity index (χ2n) is 6.85. The fraction of sp³-hybridized carbons (Fsp3) is 0.182. The largest absolute Gasteiger partial charge is 0.273 e. The standard InChI is InChI=1S/C22H20N4O2/c1-14-17(22(28)26-24-14)10-11-21(27)25-23-13-20-18-8-4-2-6-15(18)12-16-7-3-5-9-19(16)20/h2-9,12-13,17H,10-11H2,1H3,(H,25,27)(H,26,28)/b23-13+/t17-/m0/s1. The Kier molecular flexibility index (Phi) is 4.85. The number of fused-ring (bicyclic) bond motifs is 2. The molecule has 28 heavy (non-hydrogen) atoms. The molecule has 0 unspecified atom stereocenters. The van der Waals surface area contributed by atoms with Gasteiger partial charge in [-0.05, 0) is 41.0 Å². The Hall–Kier alpha value is -3.54. The Labute approximate surface area is 162 Å². The highest BCUT2D eigenvalue weighted by Crippen LogP contribution is 2.27. The summed E-state index contributed by atoms with van der Waals surface area (Å²) in [5.74, 6) is -0.721. The third-order valence-corrected chi connectivity index (χ3v) is 5.02. The highest BCUT2D eigenvalue weighted by atomic mass is 16.2. The van der Waals surface area contributed by atoms with Gasteiger partial charge in [-0.2, -0.15) is 10.2 Å². The van der Waals surface area contributed by atoms with Gasteiger partial charge in [0.1, 0.15) is 0 Å². The second kappa shape index (κ2) is 7.60. The van der Waals surface area contributed by atoms with Crippen molar-refractivity contribution in [3.8, 4) is 0 Å². The molecule has 2 N–H and O–H groups in total. The molecule has 1 heterocycles. The molecule has 6 nitrogen and oxygen atoms in total. The van der Waals surface area contributed by atoms with Crippen molar-refractivity contribution in [3.63, 3.8) is 0 Å². The molecule has 3 aromatic carbocycles. The van der Waals surface area contributed by atoms with Gasteiger partial charge < -0.3 is 0 Å². The second-order valence-corrected chi connectivity index (χ2v) is 6.85. The lowest BCUT2D eigenvalue weighted by molar-refractivity contribution is -0.123. The van der Waals surface area contributed by atoms with Crippen LogP contribution in [0.25, 0.3) is 21.5 Å². The summed E-state index contributed by atoms with van der Waals surface area (Å²) in [7, 11) is 0. The van der Waals surface area contributed by atoms with Crippen molar-refractivity contribution in [3.05, 3.63) is 60.2 Å². The molecule has 0 saturated carbocycles. The maximum Gasteiger partial charge on any atom is 0.248 e. The average molecular weight is 372 g/mol. The van der Waals surface area contributed by atoms with Crippen LogP contribution >= 0.6 is 0 Å². The van der Waals surface area contributed by atoms with Crippen LogP contribution in [0.4, 0.5) is 0 Å². The molecule has 0 spiro atoms. The maximum absolute atomic E-state index is 12.1. The molecule has 0 aromatic heterocycles.